The van der Waals surface area contributed by atoms with Crippen LogP contribution in [0.2, 0.25) is 5.02 Å². The van der Waals surface area contributed by atoms with E-state index in [4.69, 9.17) is 11.6 Å². The minimum absolute atomic E-state index is 0.00384. The average Bonchev–Trinajstić information content (AvgIpc) is 3.02. The highest BCUT2D eigenvalue weighted by Gasteiger charge is 2.25. The van der Waals surface area contributed by atoms with Gasteiger partial charge in [-0.05, 0) is 58.1 Å². The van der Waals surface area contributed by atoms with Gasteiger partial charge in [0.1, 0.15) is 6.04 Å². The van der Waals surface area contributed by atoms with Crippen molar-refractivity contribution in [3.05, 3.63) is 144 Å². The summed E-state index contributed by atoms with van der Waals surface area (Å²) in [5, 5.41) is 12.6. The van der Waals surface area contributed by atoms with Gasteiger partial charge in [-0.2, -0.15) is 0 Å². The highest BCUT2D eigenvalue weighted by molar-refractivity contribution is 7.92. The van der Waals surface area contributed by atoms with Crippen LogP contribution < -0.4 is 10.0 Å². The number of sulfonamides is 1. The van der Waals surface area contributed by atoms with Crippen LogP contribution in [0.3, 0.4) is 0 Å². The Bertz CT molecular complexity index is 1850. The zero-order valence-electron chi connectivity index (χ0n) is 22.8. The van der Waals surface area contributed by atoms with Crippen LogP contribution in [0.4, 0.5) is 5.69 Å². The standard InChI is InChI=1S/C34H27ClN2O5S/c35-28-17-20-31(37-43(41,42)29-18-15-27(16-19-29)25-9-5-2-6-10-25)30(22-28)33(38)36-32(34(39)40)21-23-11-13-26(14-12-23)24-7-3-1-4-8-24/h1-20,22,32,37H,21H2,(H,36,38)(H,39,40)/t32-/m0/s1. The lowest BCUT2D eigenvalue weighted by atomic mass is 10.0. The van der Waals surface area contributed by atoms with Crippen LogP contribution in [0, 0.1) is 0 Å². The molecule has 1 atom stereocenters. The van der Waals surface area contributed by atoms with Crippen LogP contribution in [0.5, 0.6) is 0 Å². The highest BCUT2D eigenvalue weighted by Crippen LogP contribution is 2.26. The third-order valence-electron chi connectivity index (χ3n) is 6.85. The molecule has 1 amide bonds. The maximum absolute atomic E-state index is 13.3. The number of hydrogen-bond acceptors (Lipinski definition) is 4. The number of carbonyl (C=O) groups excluding carboxylic acids is 1. The molecule has 0 heterocycles. The van der Waals surface area contributed by atoms with Crippen molar-refractivity contribution in [1.82, 2.24) is 5.32 Å². The van der Waals surface area contributed by atoms with Gasteiger partial charge < -0.3 is 10.4 Å². The maximum atomic E-state index is 13.3. The predicted molar refractivity (Wildman–Crippen MR) is 169 cm³/mol. The summed E-state index contributed by atoms with van der Waals surface area (Å²) in [6, 6.07) is 35.9. The first-order valence-corrected chi connectivity index (χ1v) is 15.2. The van der Waals surface area contributed by atoms with Gasteiger partial charge in [-0.1, -0.05) is 109 Å². The van der Waals surface area contributed by atoms with E-state index in [-0.39, 0.29) is 27.6 Å². The predicted octanol–water partition coefficient (Wildman–Crippen LogP) is 6.90. The number of carbonyl (C=O) groups is 2. The van der Waals surface area contributed by atoms with Crippen LogP contribution in [0.15, 0.2) is 132 Å². The highest BCUT2D eigenvalue weighted by atomic mass is 35.5. The fourth-order valence-electron chi connectivity index (χ4n) is 4.59. The average molecular weight is 611 g/mol. The minimum atomic E-state index is -4.09. The molecule has 0 saturated carbocycles. The van der Waals surface area contributed by atoms with E-state index in [1.54, 1.807) is 12.1 Å². The van der Waals surface area contributed by atoms with E-state index in [2.05, 4.69) is 10.0 Å². The van der Waals surface area contributed by atoms with Gasteiger partial charge in [0.05, 0.1) is 16.1 Å². The van der Waals surface area contributed by atoms with E-state index in [0.717, 1.165) is 22.3 Å². The van der Waals surface area contributed by atoms with Gasteiger partial charge in [0.15, 0.2) is 0 Å². The van der Waals surface area contributed by atoms with Crippen molar-refractivity contribution < 1.29 is 23.1 Å². The van der Waals surface area contributed by atoms with E-state index in [0.29, 0.717) is 5.56 Å². The van der Waals surface area contributed by atoms with Gasteiger partial charge in [0.25, 0.3) is 15.9 Å². The Morgan fingerprint density at radius 3 is 1.74 bits per heavy atom. The molecular formula is C34H27ClN2O5S. The topological polar surface area (TPSA) is 113 Å². The summed E-state index contributed by atoms with van der Waals surface area (Å²) in [7, 11) is -4.09. The Hall–Kier alpha value is -4.92. The summed E-state index contributed by atoms with van der Waals surface area (Å²) >= 11 is 6.15. The molecule has 0 aliphatic rings. The van der Waals surface area contributed by atoms with Crippen LogP contribution in [0.1, 0.15) is 15.9 Å². The fourth-order valence-corrected chi connectivity index (χ4v) is 5.84. The molecule has 0 bridgehead atoms. The second-order valence-electron chi connectivity index (χ2n) is 9.82. The normalized spacial score (nSPS) is 11.8. The van der Waals surface area contributed by atoms with E-state index in [1.807, 2.05) is 84.9 Å². The molecule has 5 rings (SSSR count). The minimum Gasteiger partial charge on any atom is -0.480 e. The second kappa shape index (κ2) is 12.9. The summed E-state index contributed by atoms with van der Waals surface area (Å²) < 4.78 is 28.9. The number of rotatable bonds is 10. The number of nitrogens with one attached hydrogen (secondary N) is 2. The first-order chi connectivity index (χ1) is 20.7. The van der Waals surface area contributed by atoms with Gasteiger partial charge in [-0.15, -0.1) is 0 Å². The Morgan fingerprint density at radius 2 is 1.21 bits per heavy atom. The molecule has 9 heteroatoms. The van der Waals surface area contributed by atoms with Crippen molar-refractivity contribution in [1.29, 1.82) is 0 Å². The van der Waals surface area contributed by atoms with Crippen molar-refractivity contribution in [2.24, 2.45) is 0 Å². The van der Waals surface area contributed by atoms with Crippen LogP contribution in [-0.4, -0.2) is 31.4 Å². The third-order valence-corrected chi connectivity index (χ3v) is 8.46. The number of aliphatic carboxylic acids is 1. The summed E-state index contributed by atoms with van der Waals surface area (Å²) in [5.74, 6) is -2.02. The fraction of sp³-hybridized carbons (Fsp3) is 0.0588. The molecule has 3 N–H and O–H groups in total. The number of anilines is 1. The van der Waals surface area contributed by atoms with Crippen LogP contribution >= 0.6 is 11.6 Å². The number of halogens is 1. The van der Waals surface area contributed by atoms with Gasteiger partial charge in [0.2, 0.25) is 0 Å². The molecule has 0 radical (unpaired) electrons. The van der Waals surface area contributed by atoms with Gasteiger partial charge in [-0.25, -0.2) is 13.2 Å². The Labute approximate surface area is 254 Å². The first-order valence-electron chi connectivity index (χ1n) is 13.4. The van der Waals surface area contributed by atoms with E-state index < -0.39 is 27.9 Å². The van der Waals surface area contributed by atoms with E-state index in [1.165, 1.54) is 30.3 Å². The molecule has 43 heavy (non-hydrogen) atoms. The molecule has 7 nitrogen and oxygen atoms in total. The lowest BCUT2D eigenvalue weighted by molar-refractivity contribution is -0.139. The van der Waals surface area contributed by atoms with Gasteiger partial charge in [-0.3, -0.25) is 9.52 Å². The van der Waals surface area contributed by atoms with Gasteiger partial charge >= 0.3 is 5.97 Å². The quantitative estimate of drug-likeness (QED) is 0.159. The molecule has 0 aliphatic heterocycles. The lowest BCUT2D eigenvalue weighted by Crippen LogP contribution is -2.42. The van der Waals surface area contributed by atoms with Crippen LogP contribution in [-0.2, 0) is 21.2 Å². The SMILES string of the molecule is O=C(N[C@@H](Cc1ccc(-c2ccccc2)cc1)C(=O)O)c1cc(Cl)ccc1NS(=O)(=O)c1ccc(-c2ccccc2)cc1. The first kappa shape index (κ1) is 29.6. The smallest absolute Gasteiger partial charge is 0.326 e. The molecule has 0 fully saturated rings. The molecule has 5 aromatic rings. The van der Waals surface area contributed by atoms with Crippen LogP contribution in [0.25, 0.3) is 22.3 Å². The number of benzene rings is 5. The molecule has 0 spiro atoms. The zero-order valence-corrected chi connectivity index (χ0v) is 24.3. The van der Waals surface area contributed by atoms with Crippen molar-refractivity contribution in [2.75, 3.05) is 4.72 Å². The Balaban J connectivity index is 1.33. The Kier molecular flexibility index (Phi) is 8.90. The summed E-state index contributed by atoms with van der Waals surface area (Å²) in [6.07, 6.45) is 0.0194. The number of carboxylic acids is 1. The van der Waals surface area contributed by atoms with E-state index >= 15 is 0 Å². The molecule has 0 saturated heterocycles. The second-order valence-corrected chi connectivity index (χ2v) is 11.9. The Morgan fingerprint density at radius 1 is 0.698 bits per heavy atom. The zero-order chi connectivity index (χ0) is 30.4. The van der Waals surface area contributed by atoms with Gasteiger partial charge in [0, 0.05) is 11.4 Å². The van der Waals surface area contributed by atoms with E-state index in [9.17, 15) is 23.1 Å². The molecule has 5 aromatic carbocycles. The van der Waals surface area contributed by atoms with Crippen molar-refractivity contribution in [3.63, 3.8) is 0 Å². The van der Waals surface area contributed by atoms with Crippen molar-refractivity contribution in [2.45, 2.75) is 17.4 Å². The summed E-state index contributed by atoms with van der Waals surface area (Å²) in [5.41, 5.74) is 4.36. The molecule has 0 aromatic heterocycles. The number of carboxylic acid groups (broad SMARTS) is 1. The number of hydrogen-bond donors (Lipinski definition) is 3. The maximum Gasteiger partial charge on any atom is 0.326 e. The largest absolute Gasteiger partial charge is 0.480 e. The molecule has 216 valence electrons. The van der Waals surface area contributed by atoms with Crippen molar-refractivity contribution in [3.8, 4) is 22.3 Å². The lowest BCUT2D eigenvalue weighted by Gasteiger charge is -2.17. The molecule has 0 aliphatic carbocycles. The monoisotopic (exact) mass is 610 g/mol. The summed E-state index contributed by atoms with van der Waals surface area (Å²) in [6.45, 7) is 0. The molecular weight excluding hydrogens is 584 g/mol. The van der Waals surface area contributed by atoms with Crippen molar-refractivity contribution >= 4 is 39.2 Å². The number of amides is 1. The molecule has 0 unspecified atom stereocenters. The summed E-state index contributed by atoms with van der Waals surface area (Å²) in [4.78, 5) is 25.4. The third kappa shape index (κ3) is 7.30.